The van der Waals surface area contributed by atoms with E-state index in [1.807, 2.05) is 43.3 Å². The van der Waals surface area contributed by atoms with E-state index >= 15 is 0 Å². The van der Waals surface area contributed by atoms with Crippen molar-refractivity contribution in [1.82, 2.24) is 10.0 Å². The first-order valence-corrected chi connectivity index (χ1v) is 12.5. The molecule has 1 atom stereocenters. The summed E-state index contributed by atoms with van der Waals surface area (Å²) < 4.78 is 24.1. The Hall–Kier alpha value is -2.83. The van der Waals surface area contributed by atoms with E-state index in [4.69, 9.17) is 9.36 Å². The number of nitrogens with one attached hydrogen (secondary N) is 1. The zero-order valence-corrected chi connectivity index (χ0v) is 19.0. The van der Waals surface area contributed by atoms with Gasteiger partial charge >= 0.3 is 0 Å². The lowest BCUT2D eigenvalue weighted by molar-refractivity contribution is -0.114. The van der Waals surface area contributed by atoms with Gasteiger partial charge in [0.25, 0.3) is 5.91 Å². The largest absolute Gasteiger partial charge is 0.379 e. The van der Waals surface area contributed by atoms with Crippen LogP contribution >= 0.6 is 7.37 Å². The zero-order chi connectivity index (χ0) is 22.6. The number of hydrogen-bond acceptors (Lipinski definition) is 6. The summed E-state index contributed by atoms with van der Waals surface area (Å²) in [5, 5.41) is 5.18. The standard InChI is InChI=1S/C24H26N3O4P/c1-18-6-9-20(17-22(18)23-5-3-4-12-25-23)26-24(28)19-7-10-21(11-8-19)32(2,29)31-27-13-15-30-16-14-27/h3-12,17H,13-16H2,1-2H3,(H,26,28). The van der Waals surface area contributed by atoms with E-state index in [0.29, 0.717) is 42.9 Å². The van der Waals surface area contributed by atoms with E-state index in [0.717, 1.165) is 16.8 Å². The number of nitrogens with zero attached hydrogens (tertiary/aromatic N) is 2. The van der Waals surface area contributed by atoms with Crippen LogP contribution in [0, 0.1) is 6.92 Å². The first-order valence-electron chi connectivity index (χ1n) is 10.5. The van der Waals surface area contributed by atoms with Gasteiger partial charge in [0, 0.05) is 48.1 Å². The molecule has 0 spiro atoms. The number of rotatable bonds is 6. The highest BCUT2D eigenvalue weighted by Gasteiger charge is 2.25. The summed E-state index contributed by atoms with van der Waals surface area (Å²) in [5.74, 6) is -0.243. The molecule has 166 valence electrons. The van der Waals surface area contributed by atoms with Crippen LogP contribution in [0.2, 0.25) is 0 Å². The van der Waals surface area contributed by atoms with Gasteiger partial charge in [0.1, 0.15) is 0 Å². The number of carbonyl (C=O) groups excluding carboxylic acids is 1. The van der Waals surface area contributed by atoms with Gasteiger partial charge < -0.3 is 10.1 Å². The Kier molecular flexibility index (Phi) is 6.82. The van der Waals surface area contributed by atoms with Crippen molar-refractivity contribution in [3.8, 4) is 11.3 Å². The molecule has 1 saturated heterocycles. The van der Waals surface area contributed by atoms with Crippen LogP contribution in [-0.2, 0) is 13.9 Å². The molecule has 0 bridgehead atoms. The zero-order valence-electron chi connectivity index (χ0n) is 18.2. The van der Waals surface area contributed by atoms with E-state index < -0.39 is 7.37 Å². The van der Waals surface area contributed by atoms with Crippen molar-refractivity contribution in [3.63, 3.8) is 0 Å². The van der Waals surface area contributed by atoms with Gasteiger partial charge in [-0.25, -0.2) is 4.62 Å². The third kappa shape index (κ3) is 5.31. The molecular weight excluding hydrogens is 425 g/mol. The molecule has 0 saturated carbocycles. The van der Waals surface area contributed by atoms with Crippen LogP contribution in [-0.4, -0.2) is 48.9 Å². The average molecular weight is 451 g/mol. The fraction of sp³-hybridized carbons (Fsp3) is 0.250. The Morgan fingerprint density at radius 2 is 1.84 bits per heavy atom. The van der Waals surface area contributed by atoms with Crippen molar-refractivity contribution in [1.29, 1.82) is 0 Å². The number of amides is 1. The Balaban J connectivity index is 1.46. The molecule has 32 heavy (non-hydrogen) atoms. The lowest BCUT2D eigenvalue weighted by Gasteiger charge is -2.28. The molecule has 1 aliphatic heterocycles. The average Bonchev–Trinajstić information content (AvgIpc) is 2.81. The fourth-order valence-corrected chi connectivity index (χ4v) is 4.87. The van der Waals surface area contributed by atoms with E-state index in [2.05, 4.69) is 10.3 Å². The number of hydroxylamine groups is 2. The van der Waals surface area contributed by atoms with Gasteiger partial charge in [-0.05, 0) is 61.0 Å². The minimum Gasteiger partial charge on any atom is -0.379 e. The molecule has 2 aromatic carbocycles. The van der Waals surface area contributed by atoms with Crippen molar-refractivity contribution in [2.75, 3.05) is 38.3 Å². The summed E-state index contributed by atoms with van der Waals surface area (Å²) in [5.41, 5.74) is 4.04. The van der Waals surface area contributed by atoms with Crippen molar-refractivity contribution >= 4 is 24.3 Å². The maximum atomic E-state index is 13.0. The minimum absolute atomic E-state index is 0.243. The quantitative estimate of drug-likeness (QED) is 0.569. The molecule has 8 heteroatoms. The number of ether oxygens (including phenoxy) is 1. The molecule has 1 N–H and O–H groups in total. The summed E-state index contributed by atoms with van der Waals surface area (Å²) in [6.07, 6.45) is 1.75. The molecule has 0 aliphatic carbocycles. The monoisotopic (exact) mass is 451 g/mol. The number of anilines is 1. The first-order chi connectivity index (χ1) is 15.4. The van der Waals surface area contributed by atoms with Crippen LogP contribution in [0.15, 0.2) is 66.9 Å². The van der Waals surface area contributed by atoms with Gasteiger partial charge in [-0.1, -0.05) is 12.1 Å². The van der Waals surface area contributed by atoms with E-state index in [9.17, 15) is 9.36 Å². The van der Waals surface area contributed by atoms with Crippen LogP contribution in [0.3, 0.4) is 0 Å². The Bertz CT molecular complexity index is 1130. The van der Waals surface area contributed by atoms with Crippen LogP contribution < -0.4 is 10.6 Å². The molecule has 4 rings (SSSR count). The molecule has 2 heterocycles. The van der Waals surface area contributed by atoms with Crippen molar-refractivity contribution in [2.45, 2.75) is 6.92 Å². The summed E-state index contributed by atoms with van der Waals surface area (Å²) in [7, 11) is -3.04. The van der Waals surface area contributed by atoms with Gasteiger partial charge in [-0.2, -0.15) is 5.06 Å². The number of morpholine rings is 1. The molecule has 1 amide bonds. The molecule has 0 radical (unpaired) electrons. The number of aromatic nitrogens is 1. The van der Waals surface area contributed by atoms with E-state index in [1.165, 1.54) is 0 Å². The summed E-state index contributed by atoms with van der Waals surface area (Å²) >= 11 is 0. The van der Waals surface area contributed by atoms with Crippen molar-refractivity contribution < 1.29 is 18.7 Å². The number of hydrogen-bond donors (Lipinski definition) is 1. The third-order valence-electron chi connectivity index (χ3n) is 5.28. The van der Waals surface area contributed by atoms with E-state index in [1.54, 1.807) is 42.2 Å². The van der Waals surface area contributed by atoms with E-state index in [-0.39, 0.29) is 5.91 Å². The number of pyridine rings is 1. The predicted octanol–water partition coefficient (Wildman–Crippen LogP) is 4.11. The predicted molar refractivity (Wildman–Crippen MR) is 125 cm³/mol. The maximum absolute atomic E-state index is 13.0. The van der Waals surface area contributed by atoms with Gasteiger partial charge in [-0.3, -0.25) is 14.3 Å². The van der Waals surface area contributed by atoms with Gasteiger partial charge in [0.2, 0.25) is 7.37 Å². The van der Waals surface area contributed by atoms with Gasteiger partial charge in [0.05, 0.1) is 18.9 Å². The molecular formula is C24H26N3O4P. The second-order valence-corrected chi connectivity index (χ2v) is 10.1. The topological polar surface area (TPSA) is 80.8 Å². The Labute approximate surface area is 187 Å². The normalized spacial score (nSPS) is 16.3. The highest BCUT2D eigenvalue weighted by molar-refractivity contribution is 7.66. The maximum Gasteiger partial charge on any atom is 0.255 e. The molecule has 1 aromatic heterocycles. The summed E-state index contributed by atoms with van der Waals surface area (Å²) in [6, 6.07) is 18.2. The Morgan fingerprint density at radius 3 is 2.53 bits per heavy atom. The number of carbonyl (C=O) groups is 1. The molecule has 3 aromatic rings. The lowest BCUT2D eigenvalue weighted by Crippen LogP contribution is -2.36. The van der Waals surface area contributed by atoms with Crippen LogP contribution in [0.1, 0.15) is 15.9 Å². The highest BCUT2D eigenvalue weighted by atomic mass is 31.2. The van der Waals surface area contributed by atoms with Gasteiger partial charge in [-0.15, -0.1) is 0 Å². The van der Waals surface area contributed by atoms with Gasteiger partial charge in [0.15, 0.2) is 0 Å². The van der Waals surface area contributed by atoms with Crippen LogP contribution in [0.4, 0.5) is 5.69 Å². The second kappa shape index (κ2) is 9.76. The molecule has 1 aliphatic rings. The molecule has 1 fully saturated rings. The highest BCUT2D eigenvalue weighted by Crippen LogP contribution is 2.42. The van der Waals surface area contributed by atoms with Crippen molar-refractivity contribution in [2.24, 2.45) is 0 Å². The lowest BCUT2D eigenvalue weighted by atomic mass is 10.0. The summed E-state index contributed by atoms with van der Waals surface area (Å²) in [4.78, 5) is 17.2. The van der Waals surface area contributed by atoms with Crippen LogP contribution in [0.25, 0.3) is 11.3 Å². The first kappa shape index (κ1) is 22.4. The Morgan fingerprint density at radius 1 is 1.09 bits per heavy atom. The van der Waals surface area contributed by atoms with Crippen LogP contribution in [0.5, 0.6) is 0 Å². The minimum atomic E-state index is -3.04. The SMILES string of the molecule is Cc1ccc(NC(=O)c2ccc(P(C)(=O)ON3CCOCC3)cc2)cc1-c1ccccn1. The summed E-state index contributed by atoms with van der Waals surface area (Å²) in [6.45, 7) is 5.87. The molecule has 7 nitrogen and oxygen atoms in total. The second-order valence-electron chi connectivity index (χ2n) is 7.71. The van der Waals surface area contributed by atoms with Crippen molar-refractivity contribution in [3.05, 3.63) is 78.0 Å². The third-order valence-corrected chi connectivity index (χ3v) is 7.05. The fourth-order valence-electron chi connectivity index (χ4n) is 3.48. The molecule has 1 unspecified atom stereocenters. The smallest absolute Gasteiger partial charge is 0.255 e. The number of aryl methyl sites for hydroxylation is 1. The number of benzene rings is 2.